The molecule has 0 atom stereocenters. The monoisotopic (exact) mass is 398 g/mol. The summed E-state index contributed by atoms with van der Waals surface area (Å²) in [6.45, 7) is -0.217. The van der Waals surface area contributed by atoms with E-state index in [1.165, 1.54) is 17.0 Å². The maximum Gasteiger partial charge on any atom is 0.331 e. The lowest BCUT2D eigenvalue weighted by molar-refractivity contribution is -0.134. The summed E-state index contributed by atoms with van der Waals surface area (Å²) >= 11 is 11.9. The van der Waals surface area contributed by atoms with Crippen molar-refractivity contribution in [2.24, 2.45) is 4.40 Å². The number of fused-ring (bicyclic) bond motifs is 1. The Bertz CT molecular complexity index is 989. The smallest absolute Gasteiger partial charge is 0.331 e. The third kappa shape index (κ3) is 3.49. The van der Waals surface area contributed by atoms with Gasteiger partial charge in [-0.25, -0.2) is 4.79 Å². The van der Waals surface area contributed by atoms with E-state index in [1.54, 1.807) is 37.4 Å². The maximum absolute atomic E-state index is 12.1. The summed E-state index contributed by atoms with van der Waals surface area (Å²) in [6.07, 6.45) is 0. The van der Waals surface area contributed by atoms with E-state index in [0.29, 0.717) is 5.56 Å². The van der Waals surface area contributed by atoms with Crippen molar-refractivity contribution in [2.45, 2.75) is 4.90 Å². The number of likely N-dealkylation sites (N-methyl/N-ethyl adjacent to an activating group) is 1. The lowest BCUT2D eigenvalue weighted by Gasteiger charge is -2.18. The zero-order valence-electron chi connectivity index (χ0n) is 12.9. The molecule has 0 spiro atoms. The number of sulfonamides is 1. The average molecular weight is 399 g/mol. The number of rotatable bonds is 3. The highest BCUT2D eigenvalue weighted by molar-refractivity contribution is 7.90. The molecule has 130 valence electrons. The Hall–Kier alpha value is -2.09. The van der Waals surface area contributed by atoms with Crippen LogP contribution in [-0.4, -0.2) is 38.7 Å². The van der Waals surface area contributed by atoms with E-state index in [2.05, 4.69) is 4.40 Å². The number of halogens is 2. The van der Waals surface area contributed by atoms with Crippen LogP contribution in [0, 0.1) is 0 Å². The number of carbonyl (C=O) groups excluding carboxylic acids is 1. The molecule has 2 aromatic carbocycles. The van der Waals surface area contributed by atoms with E-state index in [1.807, 2.05) is 0 Å². The molecule has 0 saturated heterocycles. The van der Waals surface area contributed by atoms with Crippen LogP contribution in [0.25, 0.3) is 0 Å². The van der Waals surface area contributed by atoms with Crippen LogP contribution >= 0.6 is 23.2 Å². The molecule has 3 rings (SSSR count). The van der Waals surface area contributed by atoms with Crippen molar-refractivity contribution in [3.8, 4) is 5.75 Å². The molecule has 0 unspecified atom stereocenters. The largest absolute Gasteiger partial charge is 0.424 e. The molecule has 0 saturated carbocycles. The van der Waals surface area contributed by atoms with Gasteiger partial charge in [-0.15, -0.1) is 4.40 Å². The molecule has 0 radical (unpaired) electrons. The fourth-order valence-electron chi connectivity index (χ4n) is 2.35. The lowest BCUT2D eigenvalue weighted by Crippen LogP contribution is -2.34. The molecule has 0 aromatic heterocycles. The lowest BCUT2D eigenvalue weighted by atomic mass is 10.2. The Morgan fingerprint density at radius 3 is 2.64 bits per heavy atom. The van der Waals surface area contributed by atoms with E-state index in [0.717, 1.165) is 0 Å². The summed E-state index contributed by atoms with van der Waals surface area (Å²) in [5.41, 5.74) is 0.443. The van der Waals surface area contributed by atoms with E-state index in [9.17, 15) is 13.2 Å². The van der Waals surface area contributed by atoms with Crippen molar-refractivity contribution >= 4 is 45.0 Å². The van der Waals surface area contributed by atoms with Gasteiger partial charge in [0.05, 0.1) is 5.02 Å². The van der Waals surface area contributed by atoms with Crippen molar-refractivity contribution in [3.63, 3.8) is 0 Å². The molecule has 2 aromatic rings. The molecule has 25 heavy (non-hydrogen) atoms. The summed E-state index contributed by atoms with van der Waals surface area (Å²) in [6, 6.07) is 11.1. The molecule has 0 aliphatic carbocycles. The van der Waals surface area contributed by atoms with Gasteiger partial charge in [0.2, 0.25) is 0 Å². The topological polar surface area (TPSA) is 76.0 Å². The molecule has 6 nitrogen and oxygen atoms in total. The second kappa shape index (κ2) is 6.67. The summed E-state index contributed by atoms with van der Waals surface area (Å²) in [4.78, 5) is 13.7. The van der Waals surface area contributed by atoms with Crippen LogP contribution in [-0.2, 0) is 14.8 Å². The molecule has 1 aliphatic heterocycles. The SMILES string of the molecule is CN(CC(=O)Oc1cccc(Cl)c1Cl)C1=NS(=O)(=O)c2ccccc21. The van der Waals surface area contributed by atoms with Crippen molar-refractivity contribution < 1.29 is 17.9 Å². The summed E-state index contributed by atoms with van der Waals surface area (Å²) in [5, 5.41) is 0.395. The van der Waals surface area contributed by atoms with Crippen LogP contribution in [0.5, 0.6) is 5.75 Å². The summed E-state index contributed by atoms with van der Waals surface area (Å²) < 4.78 is 33.1. The Labute approximate surface area is 154 Å². The first-order chi connectivity index (χ1) is 11.8. The second-order valence-corrected chi connectivity index (χ2v) is 7.63. The highest BCUT2D eigenvalue weighted by Crippen LogP contribution is 2.31. The normalized spacial score (nSPS) is 14.6. The highest BCUT2D eigenvalue weighted by atomic mass is 35.5. The van der Waals surface area contributed by atoms with Gasteiger partial charge in [-0.2, -0.15) is 8.42 Å². The van der Waals surface area contributed by atoms with Crippen LogP contribution in [0.4, 0.5) is 0 Å². The molecule has 0 fully saturated rings. The molecule has 0 N–H and O–H groups in total. The zero-order valence-corrected chi connectivity index (χ0v) is 15.3. The number of hydrogen-bond acceptors (Lipinski definition) is 5. The van der Waals surface area contributed by atoms with Gasteiger partial charge in [0.25, 0.3) is 10.0 Å². The minimum atomic E-state index is -3.75. The van der Waals surface area contributed by atoms with Crippen LogP contribution < -0.4 is 4.74 Å². The van der Waals surface area contributed by atoms with Gasteiger partial charge in [0.1, 0.15) is 16.5 Å². The summed E-state index contributed by atoms with van der Waals surface area (Å²) in [5.74, 6) is -0.310. The van der Waals surface area contributed by atoms with E-state index in [4.69, 9.17) is 27.9 Å². The number of nitrogens with zero attached hydrogens (tertiary/aromatic N) is 2. The number of hydrogen-bond donors (Lipinski definition) is 0. The van der Waals surface area contributed by atoms with Gasteiger partial charge < -0.3 is 9.64 Å². The Morgan fingerprint density at radius 2 is 1.88 bits per heavy atom. The quantitative estimate of drug-likeness (QED) is 0.586. The van der Waals surface area contributed by atoms with Crippen LogP contribution in [0.3, 0.4) is 0 Å². The maximum atomic E-state index is 12.1. The predicted molar refractivity (Wildman–Crippen MR) is 94.9 cm³/mol. The van der Waals surface area contributed by atoms with Gasteiger partial charge in [-0.3, -0.25) is 0 Å². The predicted octanol–water partition coefficient (Wildman–Crippen LogP) is 2.98. The Kier molecular flexibility index (Phi) is 4.73. The first kappa shape index (κ1) is 17.7. The molecular formula is C16H12Cl2N2O4S. The first-order valence-corrected chi connectivity index (χ1v) is 9.29. The molecule has 1 heterocycles. The van der Waals surface area contributed by atoms with Crippen molar-refractivity contribution in [1.29, 1.82) is 0 Å². The molecule has 0 bridgehead atoms. The minimum Gasteiger partial charge on any atom is -0.424 e. The van der Waals surface area contributed by atoms with Crippen molar-refractivity contribution in [2.75, 3.05) is 13.6 Å². The molecular weight excluding hydrogens is 387 g/mol. The number of benzene rings is 2. The molecule has 1 aliphatic rings. The van der Waals surface area contributed by atoms with Crippen LogP contribution in [0.1, 0.15) is 5.56 Å². The summed E-state index contributed by atoms with van der Waals surface area (Å²) in [7, 11) is -2.20. The Balaban J connectivity index is 1.78. The first-order valence-electron chi connectivity index (χ1n) is 7.10. The van der Waals surface area contributed by atoms with E-state index in [-0.39, 0.29) is 33.1 Å². The van der Waals surface area contributed by atoms with Crippen molar-refractivity contribution in [3.05, 3.63) is 58.1 Å². The van der Waals surface area contributed by atoms with Crippen molar-refractivity contribution in [1.82, 2.24) is 4.90 Å². The highest BCUT2D eigenvalue weighted by Gasteiger charge is 2.31. The van der Waals surface area contributed by atoms with E-state index >= 15 is 0 Å². The zero-order chi connectivity index (χ0) is 18.2. The van der Waals surface area contributed by atoms with Gasteiger partial charge >= 0.3 is 5.97 Å². The standard InChI is InChI=1S/C16H12Cl2N2O4S/c1-20(9-14(21)24-12-7-4-6-11(17)15(12)18)16-10-5-2-3-8-13(10)25(22,23)19-16/h2-8H,9H2,1H3. The molecule has 0 amide bonds. The van der Waals surface area contributed by atoms with E-state index < -0.39 is 16.0 Å². The fourth-order valence-corrected chi connectivity index (χ4v) is 3.93. The fraction of sp³-hybridized carbons (Fsp3) is 0.125. The number of carbonyl (C=O) groups is 1. The van der Waals surface area contributed by atoms with Crippen LogP contribution in [0.15, 0.2) is 51.8 Å². The Morgan fingerprint density at radius 1 is 1.16 bits per heavy atom. The molecule has 9 heteroatoms. The third-order valence-corrected chi connectivity index (χ3v) is 5.61. The van der Waals surface area contributed by atoms with Gasteiger partial charge in [-0.1, -0.05) is 41.4 Å². The average Bonchev–Trinajstić information content (AvgIpc) is 2.84. The van der Waals surface area contributed by atoms with Gasteiger partial charge in [-0.05, 0) is 24.3 Å². The minimum absolute atomic E-state index is 0.114. The second-order valence-electron chi connectivity index (χ2n) is 5.27. The number of ether oxygens (including phenoxy) is 1. The third-order valence-electron chi connectivity index (χ3n) is 3.48. The van der Waals surface area contributed by atoms with Gasteiger partial charge in [0.15, 0.2) is 11.6 Å². The number of esters is 1. The van der Waals surface area contributed by atoms with Crippen LogP contribution in [0.2, 0.25) is 10.0 Å². The number of amidine groups is 1. The van der Waals surface area contributed by atoms with Gasteiger partial charge in [0, 0.05) is 12.6 Å².